The molecule has 0 bridgehead atoms. The molecule has 0 aromatic heterocycles. The van der Waals surface area contributed by atoms with Crippen molar-refractivity contribution in [2.75, 3.05) is 26.6 Å². The molecule has 2 aromatic carbocycles. The van der Waals surface area contributed by atoms with Crippen LogP contribution in [0.1, 0.15) is 24.1 Å². The number of hydrogen-bond acceptors (Lipinski definition) is 5. The molecular formula is C22H25N3O4S. The quantitative estimate of drug-likeness (QED) is 0.609. The topological polar surface area (TPSA) is 80.9 Å². The van der Waals surface area contributed by atoms with Crippen molar-refractivity contribution in [2.45, 2.75) is 19.9 Å². The van der Waals surface area contributed by atoms with E-state index in [9.17, 15) is 4.79 Å². The molecule has 1 aliphatic heterocycles. The van der Waals surface area contributed by atoms with Crippen molar-refractivity contribution >= 4 is 28.9 Å². The van der Waals surface area contributed by atoms with E-state index < -0.39 is 6.04 Å². The Morgan fingerprint density at radius 2 is 1.70 bits per heavy atom. The minimum atomic E-state index is -0.503. The lowest BCUT2D eigenvalue weighted by atomic mass is 9.94. The fourth-order valence-electron chi connectivity index (χ4n) is 3.43. The minimum Gasteiger partial charge on any atom is -0.493 e. The summed E-state index contributed by atoms with van der Waals surface area (Å²) in [6, 6.07) is 10.7. The van der Waals surface area contributed by atoms with E-state index in [1.807, 2.05) is 38.1 Å². The number of nitrogens with one attached hydrogen (secondary N) is 3. The van der Waals surface area contributed by atoms with Crippen LogP contribution in [0, 0.1) is 6.92 Å². The lowest BCUT2D eigenvalue weighted by Crippen LogP contribution is -2.45. The predicted molar refractivity (Wildman–Crippen MR) is 120 cm³/mol. The van der Waals surface area contributed by atoms with E-state index in [0.29, 0.717) is 33.6 Å². The zero-order valence-corrected chi connectivity index (χ0v) is 18.4. The molecule has 0 spiro atoms. The van der Waals surface area contributed by atoms with Crippen LogP contribution in [-0.2, 0) is 4.79 Å². The van der Waals surface area contributed by atoms with Crippen molar-refractivity contribution in [2.24, 2.45) is 0 Å². The van der Waals surface area contributed by atoms with Gasteiger partial charge < -0.3 is 30.2 Å². The first-order valence-corrected chi connectivity index (χ1v) is 9.75. The fourth-order valence-corrected chi connectivity index (χ4v) is 3.71. The third-order valence-electron chi connectivity index (χ3n) is 4.81. The standard InChI is InChI=1S/C22H25N3O4S/c1-12-7-6-8-15(9-12)24-21(26)18-13(2)23-22(30)25-19(18)14-10-16(27-3)20(29-5)17(11-14)28-4/h6-11,19H,1-5H3,(H,24,26)(H2,23,25,30)/t19-/m0/s1. The Morgan fingerprint density at radius 3 is 2.27 bits per heavy atom. The van der Waals surface area contributed by atoms with E-state index in [4.69, 9.17) is 26.4 Å². The molecule has 0 unspecified atom stereocenters. The molecule has 0 aliphatic carbocycles. The summed E-state index contributed by atoms with van der Waals surface area (Å²) in [5, 5.41) is 9.62. The molecule has 158 valence electrons. The van der Waals surface area contributed by atoms with Crippen LogP contribution < -0.4 is 30.2 Å². The second-order valence-electron chi connectivity index (χ2n) is 6.85. The van der Waals surface area contributed by atoms with Gasteiger partial charge >= 0.3 is 0 Å². The smallest absolute Gasteiger partial charge is 0.255 e. The molecule has 30 heavy (non-hydrogen) atoms. The number of allylic oxidation sites excluding steroid dienone is 1. The van der Waals surface area contributed by atoms with Gasteiger partial charge in [-0.15, -0.1) is 0 Å². The summed E-state index contributed by atoms with van der Waals surface area (Å²) in [4.78, 5) is 13.2. The largest absolute Gasteiger partial charge is 0.493 e. The molecule has 0 radical (unpaired) electrons. The molecule has 8 heteroatoms. The molecule has 0 saturated carbocycles. The van der Waals surface area contributed by atoms with E-state index in [2.05, 4.69) is 16.0 Å². The van der Waals surface area contributed by atoms with Crippen molar-refractivity contribution in [1.82, 2.24) is 10.6 Å². The van der Waals surface area contributed by atoms with Crippen molar-refractivity contribution in [3.8, 4) is 17.2 Å². The van der Waals surface area contributed by atoms with Gasteiger partial charge in [0.15, 0.2) is 16.6 Å². The van der Waals surface area contributed by atoms with Gasteiger partial charge in [0.05, 0.1) is 32.9 Å². The lowest BCUT2D eigenvalue weighted by Gasteiger charge is -2.31. The molecule has 3 N–H and O–H groups in total. The first-order chi connectivity index (χ1) is 14.4. The third-order valence-corrected chi connectivity index (χ3v) is 5.03. The summed E-state index contributed by atoms with van der Waals surface area (Å²) in [6.07, 6.45) is 0. The SMILES string of the molecule is COc1cc([C@@H]2NC(=S)NC(C)=C2C(=O)Nc2cccc(C)c2)cc(OC)c1OC. The maximum Gasteiger partial charge on any atom is 0.255 e. The Balaban J connectivity index is 2.04. The number of rotatable bonds is 6. The summed E-state index contributed by atoms with van der Waals surface area (Å²) in [6.45, 7) is 3.80. The summed E-state index contributed by atoms with van der Waals surface area (Å²) < 4.78 is 16.3. The average Bonchev–Trinajstić information content (AvgIpc) is 2.71. The number of ether oxygens (including phenoxy) is 3. The van der Waals surface area contributed by atoms with Crippen LogP contribution in [0.2, 0.25) is 0 Å². The Bertz CT molecular complexity index is 994. The number of amides is 1. The number of aryl methyl sites for hydroxylation is 1. The average molecular weight is 428 g/mol. The molecule has 1 amide bonds. The minimum absolute atomic E-state index is 0.237. The zero-order valence-electron chi connectivity index (χ0n) is 17.6. The molecular weight excluding hydrogens is 402 g/mol. The van der Waals surface area contributed by atoms with Crippen molar-refractivity contribution < 1.29 is 19.0 Å². The Labute approximate surface area is 181 Å². The first-order valence-electron chi connectivity index (χ1n) is 9.34. The van der Waals surface area contributed by atoms with Gasteiger partial charge in [0.2, 0.25) is 5.75 Å². The molecule has 1 heterocycles. The summed E-state index contributed by atoms with van der Waals surface area (Å²) in [5.41, 5.74) is 3.71. The van der Waals surface area contributed by atoms with Gasteiger partial charge in [-0.1, -0.05) is 12.1 Å². The number of anilines is 1. The van der Waals surface area contributed by atoms with Crippen molar-refractivity contribution in [1.29, 1.82) is 0 Å². The molecule has 0 saturated heterocycles. The molecule has 3 rings (SSSR count). The van der Waals surface area contributed by atoms with E-state index >= 15 is 0 Å². The van der Waals surface area contributed by atoms with Crippen LogP contribution >= 0.6 is 12.2 Å². The van der Waals surface area contributed by atoms with Crippen LogP contribution in [0.25, 0.3) is 0 Å². The zero-order chi connectivity index (χ0) is 21.8. The molecule has 0 fully saturated rings. The Kier molecular flexibility index (Phi) is 6.47. The van der Waals surface area contributed by atoms with Gasteiger partial charge in [0.1, 0.15) is 0 Å². The first kappa shape index (κ1) is 21.4. The second kappa shape index (κ2) is 9.04. The van der Waals surface area contributed by atoms with Gasteiger partial charge in [-0.25, -0.2) is 0 Å². The monoisotopic (exact) mass is 427 g/mol. The molecule has 1 aliphatic rings. The van der Waals surface area contributed by atoms with Crippen LogP contribution in [0.5, 0.6) is 17.2 Å². The maximum absolute atomic E-state index is 13.2. The van der Waals surface area contributed by atoms with Crippen LogP contribution in [0.4, 0.5) is 5.69 Å². The van der Waals surface area contributed by atoms with Crippen LogP contribution in [-0.4, -0.2) is 32.3 Å². The maximum atomic E-state index is 13.2. The number of methoxy groups -OCH3 is 3. The normalized spacial score (nSPS) is 15.8. The van der Waals surface area contributed by atoms with Gasteiger partial charge in [0.25, 0.3) is 5.91 Å². The van der Waals surface area contributed by atoms with E-state index in [1.165, 1.54) is 0 Å². The summed E-state index contributed by atoms with van der Waals surface area (Å²) >= 11 is 5.34. The number of benzene rings is 2. The second-order valence-corrected chi connectivity index (χ2v) is 7.26. The summed E-state index contributed by atoms with van der Waals surface area (Å²) in [5.74, 6) is 1.23. The highest BCUT2D eigenvalue weighted by Crippen LogP contribution is 2.41. The van der Waals surface area contributed by atoms with Gasteiger partial charge in [0, 0.05) is 11.4 Å². The van der Waals surface area contributed by atoms with E-state index in [-0.39, 0.29) is 5.91 Å². The van der Waals surface area contributed by atoms with Crippen molar-refractivity contribution in [3.63, 3.8) is 0 Å². The highest BCUT2D eigenvalue weighted by atomic mass is 32.1. The van der Waals surface area contributed by atoms with Crippen molar-refractivity contribution in [3.05, 3.63) is 58.8 Å². The van der Waals surface area contributed by atoms with Gasteiger partial charge in [-0.05, 0) is 61.5 Å². The number of thiocarbonyl (C=S) groups is 1. The number of carbonyl (C=O) groups is 1. The molecule has 2 aromatic rings. The van der Waals surface area contributed by atoms with Gasteiger partial charge in [-0.2, -0.15) is 0 Å². The summed E-state index contributed by atoms with van der Waals surface area (Å²) in [7, 11) is 4.64. The fraction of sp³-hybridized carbons (Fsp3) is 0.273. The third kappa shape index (κ3) is 4.33. The lowest BCUT2D eigenvalue weighted by molar-refractivity contribution is -0.113. The van der Waals surface area contributed by atoms with E-state index in [1.54, 1.807) is 33.5 Å². The molecule has 7 nitrogen and oxygen atoms in total. The number of hydrogen-bond donors (Lipinski definition) is 3. The number of carbonyl (C=O) groups excluding carboxylic acids is 1. The Hall–Kier alpha value is -3.26. The molecule has 1 atom stereocenters. The Morgan fingerprint density at radius 1 is 1.03 bits per heavy atom. The van der Waals surface area contributed by atoms with Crippen LogP contribution in [0.15, 0.2) is 47.7 Å². The predicted octanol–water partition coefficient (Wildman–Crippen LogP) is 3.45. The van der Waals surface area contributed by atoms with Crippen LogP contribution in [0.3, 0.4) is 0 Å². The van der Waals surface area contributed by atoms with Gasteiger partial charge in [-0.3, -0.25) is 4.79 Å². The highest BCUT2D eigenvalue weighted by Gasteiger charge is 2.31. The van der Waals surface area contributed by atoms with E-state index in [0.717, 1.165) is 16.8 Å². The highest BCUT2D eigenvalue weighted by molar-refractivity contribution is 7.80.